The Labute approximate surface area is 77.8 Å². The van der Waals surface area contributed by atoms with Gasteiger partial charge in [-0.1, -0.05) is 19.8 Å². The van der Waals surface area contributed by atoms with Gasteiger partial charge in [0.05, 0.1) is 5.01 Å². The molecule has 0 radical (unpaired) electrons. The van der Waals surface area contributed by atoms with E-state index in [1.54, 1.807) is 0 Å². The van der Waals surface area contributed by atoms with Crippen LogP contribution in [0.2, 0.25) is 0 Å². The maximum atomic E-state index is 4.49. The van der Waals surface area contributed by atoms with Crippen molar-refractivity contribution in [3.05, 3.63) is 16.1 Å². The Morgan fingerprint density at radius 2 is 2.25 bits per heavy atom. The first-order valence-corrected chi connectivity index (χ1v) is 5.66. The molecule has 1 aliphatic carbocycles. The Bertz CT molecular complexity index is 248. The fourth-order valence-corrected chi connectivity index (χ4v) is 2.87. The second kappa shape index (κ2) is 3.56. The predicted octanol–water partition coefficient (Wildman–Crippen LogP) is 3.36. The molecule has 0 aromatic carbocycles. The Balaban J connectivity index is 2.11. The highest BCUT2D eigenvalue weighted by Gasteiger charge is 2.19. The van der Waals surface area contributed by atoms with Crippen LogP contribution in [0.5, 0.6) is 0 Å². The topological polar surface area (TPSA) is 12.9 Å². The van der Waals surface area contributed by atoms with Crippen LogP contribution in [-0.2, 0) is 6.42 Å². The normalized spacial score (nSPS) is 18.8. The van der Waals surface area contributed by atoms with Gasteiger partial charge in [-0.25, -0.2) is 4.98 Å². The number of aryl methyl sites for hydroxylation is 1. The molecule has 1 aromatic rings. The molecule has 0 unspecified atom stereocenters. The quantitative estimate of drug-likeness (QED) is 0.681. The second-order valence-corrected chi connectivity index (χ2v) is 4.65. The van der Waals surface area contributed by atoms with Gasteiger partial charge < -0.3 is 0 Å². The first-order chi connectivity index (χ1) is 5.90. The van der Waals surface area contributed by atoms with Gasteiger partial charge in [-0.2, -0.15) is 0 Å². The lowest BCUT2D eigenvalue weighted by atomic mass is 10.1. The van der Waals surface area contributed by atoms with Gasteiger partial charge in [0.2, 0.25) is 0 Å². The fraction of sp³-hybridized carbons (Fsp3) is 0.700. The van der Waals surface area contributed by atoms with Crippen molar-refractivity contribution in [1.82, 2.24) is 4.98 Å². The van der Waals surface area contributed by atoms with Gasteiger partial charge in [0.15, 0.2) is 0 Å². The zero-order chi connectivity index (χ0) is 8.39. The molecule has 0 N–H and O–H groups in total. The van der Waals surface area contributed by atoms with Crippen molar-refractivity contribution in [3.63, 3.8) is 0 Å². The van der Waals surface area contributed by atoms with Crippen molar-refractivity contribution in [2.45, 2.75) is 44.9 Å². The molecule has 0 saturated heterocycles. The van der Waals surface area contributed by atoms with E-state index in [1.807, 2.05) is 11.3 Å². The third-order valence-electron chi connectivity index (χ3n) is 2.62. The van der Waals surface area contributed by atoms with E-state index in [4.69, 9.17) is 0 Å². The van der Waals surface area contributed by atoms with Crippen LogP contribution in [0.3, 0.4) is 0 Å². The van der Waals surface area contributed by atoms with Gasteiger partial charge in [0.25, 0.3) is 0 Å². The first kappa shape index (κ1) is 8.24. The lowest BCUT2D eigenvalue weighted by Crippen LogP contribution is -1.88. The summed E-state index contributed by atoms with van der Waals surface area (Å²) in [6.07, 6.45) is 8.76. The van der Waals surface area contributed by atoms with Crippen LogP contribution in [0.4, 0.5) is 0 Å². The summed E-state index contributed by atoms with van der Waals surface area (Å²) in [5, 5.41) is 1.39. The van der Waals surface area contributed by atoms with E-state index >= 15 is 0 Å². The molecule has 1 saturated carbocycles. The van der Waals surface area contributed by atoms with E-state index < -0.39 is 0 Å². The molecule has 2 rings (SSSR count). The summed E-state index contributed by atoms with van der Waals surface area (Å²) in [4.78, 5) is 5.93. The molecule has 0 spiro atoms. The van der Waals surface area contributed by atoms with Gasteiger partial charge in [-0.05, 0) is 19.3 Å². The van der Waals surface area contributed by atoms with Crippen molar-refractivity contribution < 1.29 is 0 Å². The number of aromatic nitrogens is 1. The number of rotatable bonds is 2. The number of nitrogens with zero attached hydrogens (tertiary/aromatic N) is 1. The molecule has 66 valence electrons. The third-order valence-corrected chi connectivity index (χ3v) is 3.93. The molecule has 12 heavy (non-hydrogen) atoms. The number of hydrogen-bond acceptors (Lipinski definition) is 2. The van der Waals surface area contributed by atoms with Crippen LogP contribution < -0.4 is 0 Å². The van der Waals surface area contributed by atoms with E-state index in [1.165, 1.54) is 35.6 Å². The van der Waals surface area contributed by atoms with Gasteiger partial charge in [-0.3, -0.25) is 0 Å². The maximum absolute atomic E-state index is 4.49. The van der Waals surface area contributed by atoms with Gasteiger partial charge in [-0.15, -0.1) is 11.3 Å². The summed E-state index contributed by atoms with van der Waals surface area (Å²) >= 11 is 1.92. The van der Waals surface area contributed by atoms with E-state index in [0.717, 1.165) is 12.3 Å². The minimum atomic E-state index is 0.801. The lowest BCUT2D eigenvalue weighted by Gasteiger charge is -2.01. The summed E-state index contributed by atoms with van der Waals surface area (Å²) in [6.45, 7) is 2.20. The highest BCUT2D eigenvalue weighted by molar-refractivity contribution is 7.11. The SMILES string of the molecule is CCc1cnc(C2CCCC2)s1. The monoisotopic (exact) mass is 181 g/mol. The Morgan fingerprint density at radius 3 is 2.83 bits per heavy atom. The maximum Gasteiger partial charge on any atom is 0.0958 e. The molecule has 1 fully saturated rings. The van der Waals surface area contributed by atoms with E-state index in [0.29, 0.717) is 0 Å². The summed E-state index contributed by atoms with van der Waals surface area (Å²) in [7, 11) is 0. The molecule has 1 aliphatic rings. The molecule has 0 amide bonds. The van der Waals surface area contributed by atoms with Crippen LogP contribution in [0.25, 0.3) is 0 Å². The molecule has 1 heterocycles. The first-order valence-electron chi connectivity index (χ1n) is 4.84. The van der Waals surface area contributed by atoms with Crippen LogP contribution in [0.15, 0.2) is 6.20 Å². The van der Waals surface area contributed by atoms with E-state index in [-0.39, 0.29) is 0 Å². The predicted molar refractivity (Wildman–Crippen MR) is 52.7 cm³/mol. The summed E-state index contributed by atoms with van der Waals surface area (Å²) in [6, 6.07) is 0. The molecule has 2 heteroatoms. The highest BCUT2D eigenvalue weighted by Crippen LogP contribution is 2.35. The second-order valence-electron chi connectivity index (χ2n) is 3.50. The summed E-state index contributed by atoms with van der Waals surface area (Å²) in [5.41, 5.74) is 0. The van der Waals surface area contributed by atoms with E-state index in [9.17, 15) is 0 Å². The summed E-state index contributed by atoms with van der Waals surface area (Å²) < 4.78 is 0. The van der Waals surface area contributed by atoms with Crippen molar-refractivity contribution in [2.24, 2.45) is 0 Å². The van der Waals surface area contributed by atoms with Gasteiger partial charge >= 0.3 is 0 Å². The Morgan fingerprint density at radius 1 is 1.50 bits per heavy atom. The standard InChI is InChI=1S/C10H15NS/c1-2-9-7-11-10(12-9)8-5-3-4-6-8/h7-8H,2-6H2,1H3. The van der Waals surface area contributed by atoms with Crippen LogP contribution in [-0.4, -0.2) is 4.98 Å². The minimum absolute atomic E-state index is 0.801. The Hall–Kier alpha value is -0.370. The van der Waals surface area contributed by atoms with Crippen LogP contribution in [0, 0.1) is 0 Å². The molecular weight excluding hydrogens is 166 g/mol. The van der Waals surface area contributed by atoms with Crippen molar-refractivity contribution in [3.8, 4) is 0 Å². The highest BCUT2D eigenvalue weighted by atomic mass is 32.1. The van der Waals surface area contributed by atoms with E-state index in [2.05, 4.69) is 18.1 Å². The van der Waals surface area contributed by atoms with Gasteiger partial charge in [0.1, 0.15) is 0 Å². The average molecular weight is 181 g/mol. The zero-order valence-corrected chi connectivity index (χ0v) is 8.36. The fourth-order valence-electron chi connectivity index (χ4n) is 1.85. The number of hydrogen-bond donors (Lipinski definition) is 0. The Kier molecular flexibility index (Phi) is 2.45. The molecule has 1 nitrogen and oxygen atoms in total. The number of thiazole rings is 1. The zero-order valence-electron chi connectivity index (χ0n) is 7.55. The third kappa shape index (κ3) is 1.53. The van der Waals surface area contributed by atoms with Crippen molar-refractivity contribution >= 4 is 11.3 Å². The van der Waals surface area contributed by atoms with Gasteiger partial charge in [0, 0.05) is 17.0 Å². The smallest absolute Gasteiger partial charge is 0.0958 e. The van der Waals surface area contributed by atoms with Crippen molar-refractivity contribution in [2.75, 3.05) is 0 Å². The molecule has 1 aromatic heterocycles. The molecular formula is C10H15NS. The largest absolute Gasteiger partial charge is 0.249 e. The molecule has 0 aliphatic heterocycles. The van der Waals surface area contributed by atoms with Crippen molar-refractivity contribution in [1.29, 1.82) is 0 Å². The average Bonchev–Trinajstić information content (AvgIpc) is 2.75. The van der Waals surface area contributed by atoms with Crippen LogP contribution >= 0.6 is 11.3 Å². The minimum Gasteiger partial charge on any atom is -0.249 e. The summed E-state index contributed by atoms with van der Waals surface area (Å²) in [5.74, 6) is 0.801. The lowest BCUT2D eigenvalue weighted by molar-refractivity contribution is 0.716. The molecule has 0 bridgehead atoms. The van der Waals surface area contributed by atoms with Crippen LogP contribution in [0.1, 0.15) is 48.4 Å². The molecule has 0 atom stereocenters.